The zero-order valence-electron chi connectivity index (χ0n) is 18.2. The Morgan fingerprint density at radius 2 is 1.88 bits per heavy atom. The smallest absolute Gasteiger partial charge is 0.339 e. The summed E-state index contributed by atoms with van der Waals surface area (Å²) in [7, 11) is 0. The van der Waals surface area contributed by atoms with Crippen molar-refractivity contribution < 1.29 is 14.3 Å². The van der Waals surface area contributed by atoms with Crippen LogP contribution in [0.3, 0.4) is 0 Å². The molecular weight excluding hydrogens is 468 g/mol. The van der Waals surface area contributed by atoms with Crippen molar-refractivity contribution >= 4 is 57.4 Å². The van der Waals surface area contributed by atoms with E-state index in [1.807, 2.05) is 53.9 Å². The molecule has 0 unspecified atom stereocenters. The number of thiophene rings is 1. The summed E-state index contributed by atoms with van der Waals surface area (Å²) >= 11 is 7.80. The van der Waals surface area contributed by atoms with Gasteiger partial charge in [0, 0.05) is 21.8 Å². The number of ether oxygens (including phenoxy) is 1. The molecule has 2 heterocycles. The Morgan fingerprint density at radius 3 is 2.71 bits per heavy atom. The van der Waals surface area contributed by atoms with Crippen LogP contribution in [-0.2, 0) is 22.5 Å². The second-order valence-corrected chi connectivity index (χ2v) is 9.35. The van der Waals surface area contributed by atoms with Gasteiger partial charge in [0.25, 0.3) is 5.91 Å². The number of benzene rings is 2. The quantitative estimate of drug-likeness (QED) is 0.342. The number of para-hydroxylation sites is 1. The minimum absolute atomic E-state index is 0.264. The molecule has 0 spiro atoms. The van der Waals surface area contributed by atoms with Gasteiger partial charge in [0.1, 0.15) is 0 Å². The first-order valence-electron chi connectivity index (χ1n) is 10.9. The number of halogens is 1. The Labute approximate surface area is 206 Å². The van der Waals surface area contributed by atoms with Crippen LogP contribution >= 0.6 is 22.9 Å². The average Bonchev–Trinajstić information content (AvgIpc) is 3.51. The second kappa shape index (κ2) is 9.79. The highest BCUT2D eigenvalue weighted by molar-refractivity contribution is 7.10. The maximum Gasteiger partial charge on any atom is 0.339 e. The lowest BCUT2D eigenvalue weighted by molar-refractivity contribution is -0.124. The van der Waals surface area contributed by atoms with Crippen LogP contribution in [0.4, 0.5) is 0 Å². The van der Waals surface area contributed by atoms with Gasteiger partial charge in [-0.1, -0.05) is 54.1 Å². The normalized spacial score (nSPS) is 13.7. The summed E-state index contributed by atoms with van der Waals surface area (Å²) in [5.41, 5.74) is 4.84. The number of amides is 1. The summed E-state index contributed by atoms with van der Waals surface area (Å²) in [5.74, 6) is -0.901. The lowest BCUT2D eigenvalue weighted by atomic mass is 10.0. The van der Waals surface area contributed by atoms with Crippen molar-refractivity contribution in [2.75, 3.05) is 6.61 Å². The topological polar surface area (TPSA) is 68.3 Å². The van der Waals surface area contributed by atoms with E-state index in [0.29, 0.717) is 17.0 Å². The summed E-state index contributed by atoms with van der Waals surface area (Å²) in [5, 5.41) is 6.09. The van der Waals surface area contributed by atoms with Gasteiger partial charge in [0.05, 0.1) is 16.8 Å². The molecule has 5 nitrogen and oxygen atoms in total. The first kappa shape index (κ1) is 22.3. The van der Waals surface area contributed by atoms with Crippen molar-refractivity contribution in [2.45, 2.75) is 19.4 Å². The Balaban J connectivity index is 1.37. The minimum atomic E-state index is -0.514. The van der Waals surface area contributed by atoms with Crippen molar-refractivity contribution in [2.24, 2.45) is 0 Å². The highest BCUT2D eigenvalue weighted by Crippen LogP contribution is 2.38. The number of pyridine rings is 1. The number of fused-ring (bicyclic) bond motifs is 2. The first-order valence-corrected chi connectivity index (χ1v) is 12.2. The molecule has 1 N–H and O–H groups in total. The van der Waals surface area contributed by atoms with Crippen LogP contribution in [0.25, 0.3) is 22.6 Å². The van der Waals surface area contributed by atoms with Gasteiger partial charge in [0.2, 0.25) is 0 Å². The van der Waals surface area contributed by atoms with Crippen LogP contribution in [0.1, 0.15) is 38.5 Å². The lowest BCUT2D eigenvalue weighted by Gasteiger charge is -2.12. The molecule has 0 saturated carbocycles. The second-order valence-electron chi connectivity index (χ2n) is 7.96. The molecule has 0 radical (unpaired) electrons. The van der Waals surface area contributed by atoms with Crippen LogP contribution in [0.15, 0.2) is 66.0 Å². The summed E-state index contributed by atoms with van der Waals surface area (Å²) in [6, 6.07) is 18.9. The fraction of sp³-hybridized carbons (Fsp3) is 0.148. The van der Waals surface area contributed by atoms with Crippen molar-refractivity contribution in [3.05, 3.63) is 98.3 Å². The molecule has 7 heteroatoms. The van der Waals surface area contributed by atoms with E-state index in [1.54, 1.807) is 17.4 Å². The largest absolute Gasteiger partial charge is 0.452 e. The van der Waals surface area contributed by atoms with Gasteiger partial charge in [-0.2, -0.15) is 0 Å². The Kier molecular flexibility index (Phi) is 6.43. The maximum atomic E-state index is 13.2. The molecule has 1 amide bonds. The number of hydrogen-bond acceptors (Lipinski definition) is 5. The molecular formula is C27H21ClN2O3S. The zero-order valence-corrected chi connectivity index (χ0v) is 19.8. The van der Waals surface area contributed by atoms with Crippen molar-refractivity contribution in [1.29, 1.82) is 0 Å². The third-order valence-corrected chi connectivity index (χ3v) is 6.96. The Bertz CT molecular complexity index is 1410. The van der Waals surface area contributed by atoms with Gasteiger partial charge in [0.15, 0.2) is 6.61 Å². The molecule has 0 saturated heterocycles. The SMILES string of the molecule is O=C(COC(=O)c1c2c(nc3ccccc13)/C(=C/c1cccs1)CC2)NCc1ccccc1Cl. The minimum Gasteiger partial charge on any atom is -0.452 e. The number of hydrogen-bond donors (Lipinski definition) is 1. The van der Waals surface area contributed by atoms with Crippen molar-refractivity contribution in [3.8, 4) is 0 Å². The van der Waals surface area contributed by atoms with Crippen LogP contribution in [-0.4, -0.2) is 23.5 Å². The van der Waals surface area contributed by atoms with E-state index in [1.165, 1.54) is 0 Å². The predicted molar refractivity (Wildman–Crippen MR) is 136 cm³/mol. The summed E-state index contributed by atoms with van der Waals surface area (Å²) in [6.45, 7) is -0.104. The van der Waals surface area contributed by atoms with Crippen LogP contribution in [0.2, 0.25) is 5.02 Å². The van der Waals surface area contributed by atoms with Crippen molar-refractivity contribution in [3.63, 3.8) is 0 Å². The van der Waals surface area contributed by atoms with E-state index in [2.05, 4.69) is 17.5 Å². The highest BCUT2D eigenvalue weighted by atomic mass is 35.5. The van der Waals surface area contributed by atoms with Crippen LogP contribution in [0.5, 0.6) is 0 Å². The molecule has 1 aliphatic carbocycles. The van der Waals surface area contributed by atoms with E-state index >= 15 is 0 Å². The molecule has 170 valence electrons. The summed E-state index contributed by atoms with van der Waals surface area (Å²) in [4.78, 5) is 31.6. The fourth-order valence-electron chi connectivity index (χ4n) is 4.15. The number of esters is 1. The molecule has 0 aliphatic heterocycles. The third kappa shape index (κ3) is 4.60. The number of nitrogens with zero attached hydrogens (tertiary/aromatic N) is 1. The van der Waals surface area contributed by atoms with Gasteiger partial charge in [-0.3, -0.25) is 4.79 Å². The van der Waals surface area contributed by atoms with Crippen molar-refractivity contribution in [1.82, 2.24) is 10.3 Å². The molecule has 0 fully saturated rings. The van der Waals surface area contributed by atoms with E-state index in [4.69, 9.17) is 21.3 Å². The fourth-order valence-corrected chi connectivity index (χ4v) is 5.03. The first-order chi connectivity index (χ1) is 16.6. The summed E-state index contributed by atoms with van der Waals surface area (Å²) < 4.78 is 5.45. The van der Waals surface area contributed by atoms with E-state index < -0.39 is 5.97 Å². The highest BCUT2D eigenvalue weighted by Gasteiger charge is 2.28. The lowest BCUT2D eigenvalue weighted by Crippen LogP contribution is -2.28. The molecule has 34 heavy (non-hydrogen) atoms. The van der Waals surface area contributed by atoms with E-state index in [9.17, 15) is 9.59 Å². The third-order valence-electron chi connectivity index (χ3n) is 5.77. The number of aromatic nitrogens is 1. The number of carbonyl (C=O) groups excluding carboxylic acids is 2. The molecule has 1 aliphatic rings. The maximum absolute atomic E-state index is 13.2. The van der Waals surface area contributed by atoms with E-state index in [-0.39, 0.29) is 19.1 Å². The van der Waals surface area contributed by atoms with Gasteiger partial charge in [-0.25, -0.2) is 9.78 Å². The molecule has 5 rings (SSSR count). The number of nitrogens with one attached hydrogen (secondary N) is 1. The molecule has 4 aromatic rings. The number of allylic oxidation sites excluding steroid dienone is 1. The monoisotopic (exact) mass is 488 g/mol. The van der Waals surface area contributed by atoms with Crippen LogP contribution in [0, 0.1) is 0 Å². The molecule has 0 atom stereocenters. The average molecular weight is 489 g/mol. The Morgan fingerprint density at radius 1 is 1.06 bits per heavy atom. The Hall–Kier alpha value is -3.48. The van der Waals surface area contributed by atoms with Gasteiger partial charge in [-0.05, 0) is 59.2 Å². The zero-order chi connectivity index (χ0) is 23.5. The predicted octanol–water partition coefficient (Wildman–Crippen LogP) is 5.91. The summed E-state index contributed by atoms with van der Waals surface area (Å²) in [6.07, 6.45) is 3.64. The van der Waals surface area contributed by atoms with E-state index in [0.717, 1.165) is 44.6 Å². The number of rotatable bonds is 6. The van der Waals surface area contributed by atoms with Gasteiger partial charge < -0.3 is 10.1 Å². The molecule has 2 aromatic carbocycles. The standard InChI is InChI=1S/C27H21ClN2O3S/c28-22-9-3-1-6-18(22)15-29-24(31)16-33-27(32)25-20-8-2-4-10-23(20)30-26-17(11-12-21(25)26)14-19-7-5-13-34-19/h1-10,13-14H,11-12,15-16H2,(H,29,31)/b17-14+. The van der Waals surface area contributed by atoms with Crippen LogP contribution < -0.4 is 5.32 Å². The molecule has 0 bridgehead atoms. The molecule has 2 aromatic heterocycles. The van der Waals surface area contributed by atoms with Gasteiger partial charge in [-0.15, -0.1) is 11.3 Å². The van der Waals surface area contributed by atoms with Gasteiger partial charge >= 0.3 is 5.97 Å². The number of carbonyl (C=O) groups is 2.